The molecule has 1 amide bonds. The fraction of sp³-hybridized carbons (Fsp3) is 0.571. The van der Waals surface area contributed by atoms with Gasteiger partial charge in [-0.1, -0.05) is 11.8 Å². The van der Waals surface area contributed by atoms with E-state index in [0.717, 1.165) is 18.7 Å². The Morgan fingerprint density at radius 1 is 1.58 bits per heavy atom. The standard InChI is InChI=1S/C14H16N4O4S2/c1-6(19)9-11(20)18-10(13(21)22)14(24-12(9)18)23-8-3-4-17-7(8)5-16(2)15-17/h5-6,8-9,12,19H,3-4H2,1-2H3/p+1/t6?,8?,9-,12+/m0/s1. The Balaban J connectivity index is 1.61. The first-order valence-electron chi connectivity index (χ1n) is 7.64. The summed E-state index contributed by atoms with van der Waals surface area (Å²) in [6.07, 6.45) is 2.05. The van der Waals surface area contributed by atoms with E-state index in [-0.39, 0.29) is 22.2 Å². The number of aryl methyl sites for hydroxylation is 2. The minimum Gasteiger partial charge on any atom is -0.477 e. The highest BCUT2D eigenvalue weighted by molar-refractivity contribution is 8.22. The lowest BCUT2D eigenvalue weighted by Gasteiger charge is -2.43. The summed E-state index contributed by atoms with van der Waals surface area (Å²) in [4.78, 5) is 25.2. The van der Waals surface area contributed by atoms with Gasteiger partial charge in [0.2, 0.25) is 5.91 Å². The van der Waals surface area contributed by atoms with Gasteiger partial charge in [0.1, 0.15) is 19.0 Å². The summed E-state index contributed by atoms with van der Waals surface area (Å²) in [5, 5.41) is 23.5. The van der Waals surface area contributed by atoms with Gasteiger partial charge in [0.05, 0.1) is 26.7 Å². The van der Waals surface area contributed by atoms with Crippen molar-refractivity contribution in [3.05, 3.63) is 21.8 Å². The van der Waals surface area contributed by atoms with Gasteiger partial charge < -0.3 is 10.2 Å². The van der Waals surface area contributed by atoms with Crippen molar-refractivity contribution in [1.29, 1.82) is 0 Å². The zero-order valence-electron chi connectivity index (χ0n) is 13.1. The molecule has 4 heterocycles. The number of aromatic nitrogens is 3. The molecule has 4 atom stereocenters. The molecule has 0 aromatic carbocycles. The maximum absolute atomic E-state index is 12.2. The Kier molecular flexibility index (Phi) is 3.66. The summed E-state index contributed by atoms with van der Waals surface area (Å²) in [7, 11) is 1.86. The second kappa shape index (κ2) is 5.50. The second-order valence-corrected chi connectivity index (χ2v) is 8.76. The highest BCUT2D eigenvalue weighted by atomic mass is 32.2. The third-order valence-corrected chi connectivity index (χ3v) is 7.42. The number of carbonyl (C=O) groups excluding carboxylic acids is 1. The fourth-order valence-corrected chi connectivity index (χ4v) is 6.67. The number of β-lactam (4-membered cyclic amide) rings is 1. The van der Waals surface area contributed by atoms with Crippen LogP contribution in [0.25, 0.3) is 0 Å². The fourth-order valence-electron chi connectivity index (χ4n) is 3.40. The number of fused-ring (bicyclic) bond motifs is 2. The number of amides is 1. The summed E-state index contributed by atoms with van der Waals surface area (Å²) in [5.41, 5.74) is 1.12. The van der Waals surface area contributed by atoms with Crippen LogP contribution >= 0.6 is 23.5 Å². The third kappa shape index (κ3) is 2.20. The van der Waals surface area contributed by atoms with E-state index in [1.165, 1.54) is 28.4 Å². The van der Waals surface area contributed by atoms with E-state index >= 15 is 0 Å². The molecule has 128 valence electrons. The quantitative estimate of drug-likeness (QED) is 0.571. The summed E-state index contributed by atoms with van der Waals surface area (Å²) in [6.45, 7) is 2.37. The summed E-state index contributed by atoms with van der Waals surface area (Å²) >= 11 is 2.86. The van der Waals surface area contributed by atoms with E-state index < -0.39 is 18.0 Å². The van der Waals surface area contributed by atoms with Crippen molar-refractivity contribution in [2.45, 2.75) is 36.6 Å². The van der Waals surface area contributed by atoms with Crippen molar-refractivity contribution < 1.29 is 24.5 Å². The van der Waals surface area contributed by atoms with Gasteiger partial charge >= 0.3 is 5.97 Å². The molecular formula is C14H17N4O4S2+. The number of hydrogen-bond donors (Lipinski definition) is 2. The highest BCUT2D eigenvalue weighted by Gasteiger charge is 2.58. The lowest BCUT2D eigenvalue weighted by molar-refractivity contribution is -0.732. The van der Waals surface area contributed by atoms with Gasteiger partial charge in [-0.25, -0.2) is 4.79 Å². The predicted octanol–water partition coefficient (Wildman–Crippen LogP) is 0.0514. The van der Waals surface area contributed by atoms with E-state index in [1.54, 1.807) is 11.6 Å². The molecule has 0 radical (unpaired) electrons. The number of carboxylic acid groups (broad SMARTS) is 1. The molecule has 10 heteroatoms. The molecule has 0 aliphatic carbocycles. The normalized spacial score (nSPS) is 29.5. The van der Waals surface area contributed by atoms with Crippen LogP contribution in [-0.2, 0) is 23.2 Å². The topological polar surface area (TPSA) is 99.5 Å². The maximum atomic E-state index is 12.2. The van der Waals surface area contributed by atoms with E-state index in [9.17, 15) is 19.8 Å². The largest absolute Gasteiger partial charge is 0.477 e. The number of rotatable bonds is 4. The predicted molar refractivity (Wildman–Crippen MR) is 86.4 cm³/mol. The van der Waals surface area contributed by atoms with Crippen molar-refractivity contribution in [3.8, 4) is 0 Å². The third-order valence-electron chi connectivity index (χ3n) is 4.52. The van der Waals surface area contributed by atoms with Gasteiger partial charge in [-0.2, -0.15) is 0 Å². The molecule has 24 heavy (non-hydrogen) atoms. The van der Waals surface area contributed by atoms with Gasteiger partial charge in [0.15, 0.2) is 17.6 Å². The van der Waals surface area contributed by atoms with Crippen LogP contribution in [0.15, 0.2) is 16.1 Å². The molecule has 8 nitrogen and oxygen atoms in total. The Bertz CT molecular complexity index is 775. The highest BCUT2D eigenvalue weighted by Crippen LogP contribution is 2.57. The van der Waals surface area contributed by atoms with Crippen LogP contribution in [0.4, 0.5) is 0 Å². The molecule has 2 unspecified atom stereocenters. The van der Waals surface area contributed by atoms with Crippen molar-refractivity contribution in [2.24, 2.45) is 13.0 Å². The first kappa shape index (κ1) is 16.0. The molecule has 3 aliphatic rings. The molecule has 0 saturated carbocycles. The van der Waals surface area contributed by atoms with Crippen molar-refractivity contribution in [2.75, 3.05) is 0 Å². The number of hydrogen-bond acceptors (Lipinski definition) is 6. The van der Waals surface area contributed by atoms with E-state index in [1.807, 2.05) is 17.9 Å². The van der Waals surface area contributed by atoms with Crippen LogP contribution in [0.2, 0.25) is 0 Å². The number of aliphatic hydroxyl groups excluding tert-OH is 1. The van der Waals surface area contributed by atoms with Gasteiger partial charge in [0, 0.05) is 6.42 Å². The summed E-state index contributed by atoms with van der Waals surface area (Å²) < 4.78 is 4.32. The van der Waals surface area contributed by atoms with Gasteiger partial charge in [-0.05, 0) is 6.92 Å². The van der Waals surface area contributed by atoms with Crippen molar-refractivity contribution in [1.82, 2.24) is 14.8 Å². The number of carboxylic acids is 1. The summed E-state index contributed by atoms with van der Waals surface area (Å²) in [5.74, 6) is -1.94. The van der Waals surface area contributed by atoms with E-state index in [0.29, 0.717) is 4.24 Å². The minimum atomic E-state index is -1.10. The molecule has 0 bridgehead atoms. The Morgan fingerprint density at radius 3 is 3.00 bits per heavy atom. The minimum absolute atomic E-state index is 0.0549. The summed E-state index contributed by atoms with van der Waals surface area (Å²) in [6, 6.07) is 0. The van der Waals surface area contributed by atoms with Crippen molar-refractivity contribution >= 4 is 35.4 Å². The Labute approximate surface area is 146 Å². The number of carbonyl (C=O) groups is 2. The molecule has 1 aromatic heterocycles. The average molecular weight is 369 g/mol. The molecule has 4 rings (SSSR count). The molecule has 1 fully saturated rings. The average Bonchev–Trinajstić information content (AvgIpc) is 3.11. The molecule has 1 aromatic rings. The van der Waals surface area contributed by atoms with Crippen LogP contribution in [-0.4, -0.2) is 48.4 Å². The molecule has 0 spiro atoms. The molecule has 1 saturated heterocycles. The van der Waals surface area contributed by atoms with Gasteiger partial charge in [-0.15, -0.1) is 21.1 Å². The van der Waals surface area contributed by atoms with Gasteiger partial charge in [0.25, 0.3) is 0 Å². The van der Waals surface area contributed by atoms with Crippen LogP contribution in [0.1, 0.15) is 24.3 Å². The van der Waals surface area contributed by atoms with Gasteiger partial charge in [-0.3, -0.25) is 9.69 Å². The number of aliphatic carboxylic acids is 1. The number of nitrogens with zero attached hydrogens (tertiary/aromatic N) is 4. The number of thioether (sulfide) groups is 2. The lowest BCUT2D eigenvalue weighted by atomic mass is 9.92. The van der Waals surface area contributed by atoms with E-state index in [4.69, 9.17) is 0 Å². The molecular weight excluding hydrogens is 352 g/mol. The Hall–Kier alpha value is -1.52. The maximum Gasteiger partial charge on any atom is 0.354 e. The monoisotopic (exact) mass is 369 g/mol. The molecule has 2 N–H and O–H groups in total. The van der Waals surface area contributed by atoms with E-state index in [2.05, 4.69) is 5.21 Å². The zero-order valence-corrected chi connectivity index (χ0v) is 14.8. The van der Waals surface area contributed by atoms with Crippen LogP contribution in [0, 0.1) is 5.92 Å². The zero-order chi connectivity index (χ0) is 17.2. The van der Waals surface area contributed by atoms with Crippen LogP contribution in [0.5, 0.6) is 0 Å². The lowest BCUT2D eigenvalue weighted by Crippen LogP contribution is -2.60. The number of aliphatic hydroxyl groups is 1. The SMILES string of the molecule is CC(O)[C@H]1C(=O)N2C(C(=O)O)=C(SC3CCn4n[n+](C)cc43)S[C@H]12. The van der Waals surface area contributed by atoms with Crippen LogP contribution in [0.3, 0.4) is 0 Å². The molecule has 3 aliphatic heterocycles. The first-order valence-corrected chi connectivity index (χ1v) is 9.40. The Morgan fingerprint density at radius 2 is 2.33 bits per heavy atom. The van der Waals surface area contributed by atoms with Crippen LogP contribution < -0.4 is 4.68 Å². The first-order chi connectivity index (χ1) is 11.4. The smallest absolute Gasteiger partial charge is 0.354 e. The second-order valence-electron chi connectivity index (χ2n) is 6.16. The van der Waals surface area contributed by atoms with Crippen molar-refractivity contribution in [3.63, 3.8) is 0 Å².